The highest BCUT2D eigenvalue weighted by Crippen LogP contribution is 2.52. The Morgan fingerprint density at radius 2 is 2.25 bits per heavy atom. The standard InChI is InChI=1S/C8H11BrN2S/c1-2-3-8(4-5-8)6-10-11-7(9)12-6/h2-5H2,1H3. The lowest BCUT2D eigenvalue weighted by atomic mass is 10.0. The minimum absolute atomic E-state index is 0.429. The normalized spacial score (nSPS) is 19.5. The summed E-state index contributed by atoms with van der Waals surface area (Å²) < 4.78 is 0.917. The third kappa shape index (κ3) is 1.42. The Bertz CT molecular complexity index is 280. The van der Waals surface area contributed by atoms with Gasteiger partial charge in [0.05, 0.1) is 0 Å². The highest BCUT2D eigenvalue weighted by atomic mass is 79.9. The van der Waals surface area contributed by atoms with Crippen molar-refractivity contribution in [2.45, 2.75) is 38.0 Å². The van der Waals surface area contributed by atoms with Gasteiger partial charge < -0.3 is 0 Å². The molecule has 0 bridgehead atoms. The van der Waals surface area contributed by atoms with Crippen LogP contribution in [0.2, 0.25) is 0 Å². The smallest absolute Gasteiger partial charge is 0.142 e. The maximum Gasteiger partial charge on any atom is 0.183 e. The fraction of sp³-hybridized carbons (Fsp3) is 0.750. The highest BCUT2D eigenvalue weighted by molar-refractivity contribution is 9.11. The van der Waals surface area contributed by atoms with Gasteiger partial charge in [0.1, 0.15) is 5.01 Å². The molecule has 0 spiro atoms. The molecule has 1 fully saturated rings. The van der Waals surface area contributed by atoms with Crippen molar-refractivity contribution in [3.8, 4) is 0 Å². The third-order valence-corrected chi connectivity index (χ3v) is 4.04. The van der Waals surface area contributed by atoms with Crippen molar-refractivity contribution in [1.82, 2.24) is 10.2 Å². The maximum absolute atomic E-state index is 4.19. The molecule has 1 aromatic heterocycles. The van der Waals surface area contributed by atoms with Gasteiger partial charge in [0.25, 0.3) is 0 Å². The van der Waals surface area contributed by atoms with E-state index in [1.807, 2.05) is 0 Å². The summed E-state index contributed by atoms with van der Waals surface area (Å²) in [6, 6.07) is 0. The average molecular weight is 247 g/mol. The number of hydrogen-bond acceptors (Lipinski definition) is 3. The Balaban J connectivity index is 2.18. The topological polar surface area (TPSA) is 25.8 Å². The molecule has 0 aromatic carbocycles. The van der Waals surface area contributed by atoms with Crippen LogP contribution >= 0.6 is 27.3 Å². The van der Waals surface area contributed by atoms with Crippen molar-refractivity contribution in [2.24, 2.45) is 0 Å². The van der Waals surface area contributed by atoms with Gasteiger partial charge in [-0.15, -0.1) is 10.2 Å². The number of nitrogens with zero attached hydrogens (tertiary/aromatic N) is 2. The van der Waals surface area contributed by atoms with E-state index in [0.29, 0.717) is 5.41 Å². The minimum atomic E-state index is 0.429. The molecule has 0 amide bonds. The molecule has 1 aliphatic carbocycles. The van der Waals surface area contributed by atoms with Gasteiger partial charge in [-0.25, -0.2) is 0 Å². The summed E-state index contributed by atoms with van der Waals surface area (Å²) in [5, 5.41) is 9.41. The fourth-order valence-corrected chi connectivity index (χ4v) is 3.00. The van der Waals surface area contributed by atoms with Gasteiger partial charge in [0, 0.05) is 5.41 Å². The second-order valence-electron chi connectivity index (χ2n) is 3.39. The average Bonchev–Trinajstić information content (AvgIpc) is 2.69. The molecular weight excluding hydrogens is 236 g/mol. The molecular formula is C8H11BrN2S. The molecule has 1 heterocycles. The van der Waals surface area contributed by atoms with Crippen molar-refractivity contribution in [1.29, 1.82) is 0 Å². The third-order valence-electron chi connectivity index (χ3n) is 2.44. The van der Waals surface area contributed by atoms with Crippen LogP contribution in [0.25, 0.3) is 0 Å². The van der Waals surface area contributed by atoms with Crippen LogP contribution in [-0.2, 0) is 5.41 Å². The molecule has 1 aliphatic rings. The second kappa shape index (κ2) is 3.07. The number of hydrogen-bond donors (Lipinski definition) is 0. The van der Waals surface area contributed by atoms with Crippen molar-refractivity contribution in [3.63, 3.8) is 0 Å². The number of halogens is 1. The molecule has 12 heavy (non-hydrogen) atoms. The quantitative estimate of drug-likeness (QED) is 0.820. The van der Waals surface area contributed by atoms with Gasteiger partial charge >= 0.3 is 0 Å². The minimum Gasteiger partial charge on any atom is -0.142 e. The van der Waals surface area contributed by atoms with Gasteiger partial charge in [-0.1, -0.05) is 24.7 Å². The van der Waals surface area contributed by atoms with Crippen molar-refractivity contribution in [3.05, 3.63) is 8.92 Å². The molecule has 4 heteroatoms. The molecule has 0 radical (unpaired) electrons. The lowest BCUT2D eigenvalue weighted by Crippen LogP contribution is -2.04. The highest BCUT2D eigenvalue weighted by Gasteiger charge is 2.46. The molecule has 0 aliphatic heterocycles. The Labute approximate surface area is 84.5 Å². The molecule has 0 unspecified atom stereocenters. The fourth-order valence-electron chi connectivity index (χ4n) is 1.62. The van der Waals surface area contributed by atoms with Crippen LogP contribution in [0.15, 0.2) is 3.92 Å². The van der Waals surface area contributed by atoms with E-state index in [4.69, 9.17) is 0 Å². The summed E-state index contributed by atoms with van der Waals surface area (Å²) in [5.41, 5.74) is 0.429. The Morgan fingerprint density at radius 1 is 1.50 bits per heavy atom. The zero-order chi connectivity index (χ0) is 8.60. The summed E-state index contributed by atoms with van der Waals surface area (Å²) in [6.07, 6.45) is 5.14. The summed E-state index contributed by atoms with van der Waals surface area (Å²) in [5.74, 6) is 0. The van der Waals surface area contributed by atoms with Crippen LogP contribution in [0.3, 0.4) is 0 Å². The zero-order valence-corrected chi connectivity index (χ0v) is 9.41. The number of rotatable bonds is 3. The van der Waals surface area contributed by atoms with E-state index in [9.17, 15) is 0 Å². The lowest BCUT2D eigenvalue weighted by molar-refractivity contribution is 0.596. The molecule has 0 N–H and O–H groups in total. The van der Waals surface area contributed by atoms with Gasteiger partial charge in [-0.2, -0.15) is 0 Å². The molecule has 66 valence electrons. The molecule has 0 saturated heterocycles. The lowest BCUT2D eigenvalue weighted by Gasteiger charge is -2.07. The van der Waals surface area contributed by atoms with Crippen molar-refractivity contribution in [2.75, 3.05) is 0 Å². The summed E-state index contributed by atoms with van der Waals surface area (Å²) in [4.78, 5) is 0. The largest absolute Gasteiger partial charge is 0.183 e. The summed E-state index contributed by atoms with van der Waals surface area (Å²) in [7, 11) is 0. The van der Waals surface area contributed by atoms with E-state index in [2.05, 4.69) is 33.1 Å². The van der Waals surface area contributed by atoms with Crippen LogP contribution < -0.4 is 0 Å². The number of aromatic nitrogens is 2. The first kappa shape index (κ1) is 8.63. The molecule has 2 nitrogen and oxygen atoms in total. The molecule has 1 saturated carbocycles. The maximum atomic E-state index is 4.19. The van der Waals surface area contributed by atoms with E-state index in [1.165, 1.54) is 30.7 Å². The van der Waals surface area contributed by atoms with Crippen LogP contribution in [0, 0.1) is 0 Å². The first-order valence-corrected chi connectivity index (χ1v) is 5.87. The molecule has 1 aromatic rings. The van der Waals surface area contributed by atoms with Gasteiger partial charge in [0.2, 0.25) is 0 Å². The van der Waals surface area contributed by atoms with Crippen molar-refractivity contribution < 1.29 is 0 Å². The van der Waals surface area contributed by atoms with Crippen molar-refractivity contribution >= 4 is 27.3 Å². The Hall–Kier alpha value is 0.0400. The Kier molecular flexibility index (Phi) is 2.21. The monoisotopic (exact) mass is 246 g/mol. The van der Waals surface area contributed by atoms with Crippen LogP contribution in [-0.4, -0.2) is 10.2 Å². The van der Waals surface area contributed by atoms with Crippen LogP contribution in [0.4, 0.5) is 0 Å². The zero-order valence-electron chi connectivity index (χ0n) is 7.01. The van der Waals surface area contributed by atoms with Gasteiger partial charge in [-0.05, 0) is 35.2 Å². The summed E-state index contributed by atoms with van der Waals surface area (Å²) in [6.45, 7) is 2.23. The van der Waals surface area contributed by atoms with E-state index in [-0.39, 0.29) is 0 Å². The van der Waals surface area contributed by atoms with E-state index in [0.717, 1.165) is 3.92 Å². The predicted octanol–water partition coefficient (Wildman–Crippen LogP) is 3.13. The molecule has 0 atom stereocenters. The summed E-state index contributed by atoms with van der Waals surface area (Å²) >= 11 is 5.04. The van der Waals surface area contributed by atoms with Crippen LogP contribution in [0.1, 0.15) is 37.6 Å². The first-order valence-electron chi connectivity index (χ1n) is 4.26. The van der Waals surface area contributed by atoms with Gasteiger partial charge in [0.15, 0.2) is 3.92 Å². The van der Waals surface area contributed by atoms with E-state index < -0.39 is 0 Å². The van der Waals surface area contributed by atoms with E-state index in [1.54, 1.807) is 11.3 Å². The Morgan fingerprint density at radius 3 is 2.67 bits per heavy atom. The predicted molar refractivity (Wildman–Crippen MR) is 53.4 cm³/mol. The SMILES string of the molecule is CCCC1(c2nnc(Br)s2)CC1. The van der Waals surface area contributed by atoms with Gasteiger partial charge in [-0.3, -0.25) is 0 Å². The first-order chi connectivity index (χ1) is 5.77. The molecule has 2 rings (SSSR count). The van der Waals surface area contributed by atoms with Crippen LogP contribution in [0.5, 0.6) is 0 Å². The second-order valence-corrected chi connectivity index (χ2v) is 5.64. The van der Waals surface area contributed by atoms with E-state index >= 15 is 0 Å².